The van der Waals surface area contributed by atoms with Gasteiger partial charge in [0.05, 0.1) is 12.8 Å². The van der Waals surface area contributed by atoms with Crippen molar-refractivity contribution in [2.75, 3.05) is 0 Å². The van der Waals surface area contributed by atoms with E-state index < -0.39 is 42.3 Å². The molecule has 3 N–H and O–H groups in total. The van der Waals surface area contributed by atoms with Crippen LogP contribution in [0.5, 0.6) is 0 Å². The van der Waals surface area contributed by atoms with E-state index in [2.05, 4.69) is 23.8 Å². The topological polar surface area (TPSA) is 138 Å². The molecule has 0 aliphatic heterocycles. The number of hydrogen-bond acceptors (Lipinski definition) is 6. The molecule has 0 heterocycles. The summed E-state index contributed by atoms with van der Waals surface area (Å²) >= 11 is 0. The van der Waals surface area contributed by atoms with E-state index in [1.807, 2.05) is 0 Å². The van der Waals surface area contributed by atoms with Crippen molar-refractivity contribution < 1.29 is 56.3 Å². The second-order valence-electron chi connectivity index (χ2n) is 8.26. The van der Waals surface area contributed by atoms with Crippen LogP contribution in [0.3, 0.4) is 0 Å². The standard InChI is InChI=1S/C24H40O8.Cu/c1-2-3-4-5-6-7-8-9-10-11-12-13-14-15-16-17-21(27)32-22(28)19-24(31,23(29)30)18-20(25)26;/h9-10,31H,2-8,11-19H2,1H3,(H,25,26)(H,29,30);/b10-9-;. The van der Waals surface area contributed by atoms with Crippen molar-refractivity contribution in [2.45, 2.75) is 115 Å². The van der Waals surface area contributed by atoms with E-state index in [9.17, 15) is 24.3 Å². The summed E-state index contributed by atoms with van der Waals surface area (Å²) in [7, 11) is 0. The Morgan fingerprint density at radius 1 is 0.727 bits per heavy atom. The quantitative estimate of drug-likeness (QED) is 0.0687. The van der Waals surface area contributed by atoms with Gasteiger partial charge < -0.3 is 20.1 Å². The van der Waals surface area contributed by atoms with Gasteiger partial charge in [-0.3, -0.25) is 14.4 Å². The van der Waals surface area contributed by atoms with Crippen LogP contribution < -0.4 is 0 Å². The Morgan fingerprint density at radius 2 is 1.21 bits per heavy atom. The maximum Gasteiger partial charge on any atom is 0.336 e. The van der Waals surface area contributed by atoms with Crippen LogP contribution in [-0.2, 0) is 41.0 Å². The Hall–Kier alpha value is -1.70. The normalized spacial score (nSPS) is 12.7. The molecule has 0 rings (SSSR count). The van der Waals surface area contributed by atoms with Crippen LogP contribution >= 0.6 is 0 Å². The Bertz CT molecular complexity index is 605. The van der Waals surface area contributed by atoms with Gasteiger partial charge in [-0.2, -0.15) is 0 Å². The number of carbonyl (C=O) groups excluding carboxylic acids is 2. The summed E-state index contributed by atoms with van der Waals surface area (Å²) in [5.41, 5.74) is -2.80. The molecule has 0 aromatic carbocycles. The molecule has 9 heteroatoms. The molecule has 0 fully saturated rings. The van der Waals surface area contributed by atoms with E-state index in [1.165, 1.54) is 38.5 Å². The molecule has 33 heavy (non-hydrogen) atoms. The van der Waals surface area contributed by atoms with E-state index >= 15 is 0 Å². The predicted octanol–water partition coefficient (Wildman–Crippen LogP) is 4.77. The van der Waals surface area contributed by atoms with Crippen LogP contribution in [0.15, 0.2) is 12.2 Å². The number of hydrogen-bond donors (Lipinski definition) is 3. The fraction of sp³-hybridized carbons (Fsp3) is 0.750. The number of carbonyl (C=O) groups is 4. The summed E-state index contributed by atoms with van der Waals surface area (Å²) in [6.45, 7) is 2.22. The Balaban J connectivity index is 0. The largest absolute Gasteiger partial charge is 0.481 e. The van der Waals surface area contributed by atoms with E-state index in [1.54, 1.807) is 0 Å². The molecule has 0 bridgehead atoms. The number of aliphatic hydroxyl groups is 1. The minimum Gasteiger partial charge on any atom is -0.481 e. The first-order valence-electron chi connectivity index (χ1n) is 11.8. The zero-order chi connectivity index (χ0) is 24.2. The maximum absolute atomic E-state index is 11.7. The Labute approximate surface area is 207 Å². The molecule has 0 amide bonds. The van der Waals surface area contributed by atoms with Gasteiger partial charge in [-0.05, 0) is 32.1 Å². The zero-order valence-corrected chi connectivity index (χ0v) is 20.6. The van der Waals surface area contributed by atoms with Crippen molar-refractivity contribution in [1.29, 1.82) is 0 Å². The van der Waals surface area contributed by atoms with Crippen molar-refractivity contribution >= 4 is 23.9 Å². The maximum atomic E-state index is 11.7. The molecular formula is C24H40CuO8. The number of allylic oxidation sites excluding steroid dienone is 2. The second-order valence-corrected chi connectivity index (χ2v) is 8.26. The minimum atomic E-state index is -2.80. The van der Waals surface area contributed by atoms with Gasteiger partial charge in [0, 0.05) is 23.5 Å². The van der Waals surface area contributed by atoms with E-state index in [4.69, 9.17) is 10.2 Å². The van der Waals surface area contributed by atoms with Crippen molar-refractivity contribution in [1.82, 2.24) is 0 Å². The van der Waals surface area contributed by atoms with Crippen LogP contribution in [0.1, 0.15) is 110 Å². The molecule has 0 aromatic heterocycles. The molecule has 0 saturated heterocycles. The number of aliphatic carboxylic acids is 2. The molecule has 195 valence electrons. The van der Waals surface area contributed by atoms with Gasteiger partial charge in [-0.25, -0.2) is 4.79 Å². The molecule has 0 aromatic rings. The first kappa shape index (κ1) is 33.5. The van der Waals surface area contributed by atoms with Crippen LogP contribution in [0, 0.1) is 0 Å². The predicted molar refractivity (Wildman–Crippen MR) is 120 cm³/mol. The van der Waals surface area contributed by atoms with Crippen LogP contribution in [-0.4, -0.2) is 44.8 Å². The van der Waals surface area contributed by atoms with Gasteiger partial charge in [0.25, 0.3) is 0 Å². The number of rotatable bonds is 20. The fourth-order valence-corrected chi connectivity index (χ4v) is 3.26. The molecular weight excluding hydrogens is 480 g/mol. The smallest absolute Gasteiger partial charge is 0.336 e. The molecule has 1 unspecified atom stereocenters. The van der Waals surface area contributed by atoms with Crippen LogP contribution in [0.25, 0.3) is 0 Å². The number of unbranched alkanes of at least 4 members (excludes halogenated alkanes) is 11. The molecule has 0 aliphatic carbocycles. The van der Waals surface area contributed by atoms with Crippen molar-refractivity contribution in [3.05, 3.63) is 12.2 Å². The molecule has 0 aliphatic rings. The van der Waals surface area contributed by atoms with Crippen molar-refractivity contribution in [3.8, 4) is 0 Å². The van der Waals surface area contributed by atoms with Gasteiger partial charge in [-0.15, -0.1) is 0 Å². The third-order valence-corrected chi connectivity index (χ3v) is 5.15. The van der Waals surface area contributed by atoms with Gasteiger partial charge in [0.1, 0.15) is 0 Å². The second kappa shape index (κ2) is 20.9. The van der Waals surface area contributed by atoms with Crippen LogP contribution in [0.2, 0.25) is 0 Å². The average molecular weight is 520 g/mol. The molecule has 1 radical (unpaired) electrons. The van der Waals surface area contributed by atoms with Gasteiger partial charge >= 0.3 is 23.9 Å². The van der Waals surface area contributed by atoms with Crippen molar-refractivity contribution in [3.63, 3.8) is 0 Å². The zero-order valence-electron chi connectivity index (χ0n) is 19.7. The first-order valence-corrected chi connectivity index (χ1v) is 11.8. The first-order chi connectivity index (χ1) is 15.2. The third-order valence-electron chi connectivity index (χ3n) is 5.15. The van der Waals surface area contributed by atoms with Crippen LogP contribution in [0.4, 0.5) is 0 Å². The molecule has 1 atom stereocenters. The average Bonchev–Trinajstić information content (AvgIpc) is 2.69. The minimum absolute atomic E-state index is 0. The van der Waals surface area contributed by atoms with Gasteiger partial charge in [-0.1, -0.05) is 70.4 Å². The number of ether oxygens (including phenoxy) is 1. The summed E-state index contributed by atoms with van der Waals surface area (Å²) in [4.78, 5) is 45.0. The summed E-state index contributed by atoms with van der Waals surface area (Å²) in [6, 6.07) is 0. The monoisotopic (exact) mass is 519 g/mol. The molecule has 0 saturated carbocycles. The Morgan fingerprint density at radius 3 is 1.70 bits per heavy atom. The summed E-state index contributed by atoms with van der Waals surface area (Å²) < 4.78 is 4.49. The third kappa shape index (κ3) is 19.5. The summed E-state index contributed by atoms with van der Waals surface area (Å²) in [5.74, 6) is -5.51. The number of esters is 2. The Kier molecular flexibility index (Phi) is 21.2. The van der Waals surface area contributed by atoms with Crippen molar-refractivity contribution in [2.24, 2.45) is 0 Å². The molecule has 8 nitrogen and oxygen atoms in total. The van der Waals surface area contributed by atoms with E-state index in [-0.39, 0.29) is 23.5 Å². The molecule has 0 spiro atoms. The van der Waals surface area contributed by atoms with Gasteiger partial charge in [0.15, 0.2) is 5.60 Å². The van der Waals surface area contributed by atoms with E-state index in [0.717, 1.165) is 38.5 Å². The summed E-state index contributed by atoms with van der Waals surface area (Å²) in [6.07, 6.45) is 16.7. The van der Waals surface area contributed by atoms with Gasteiger partial charge in [0.2, 0.25) is 0 Å². The summed E-state index contributed by atoms with van der Waals surface area (Å²) in [5, 5.41) is 27.3. The number of carboxylic acid groups (broad SMARTS) is 2. The number of carboxylic acids is 2. The SMILES string of the molecule is CCCCCCCC/C=C\CCCCCCCC(=O)OC(=O)CC(O)(CC(=O)O)C(=O)O.[Cu]. The fourth-order valence-electron chi connectivity index (χ4n) is 3.26. The van der Waals surface area contributed by atoms with E-state index in [0.29, 0.717) is 6.42 Å².